The van der Waals surface area contributed by atoms with E-state index >= 15 is 0 Å². The molecule has 0 saturated carbocycles. The zero-order valence-electron chi connectivity index (χ0n) is 10.0. The van der Waals surface area contributed by atoms with Crippen LogP contribution in [0.1, 0.15) is 6.92 Å². The van der Waals surface area contributed by atoms with Gasteiger partial charge in [-0.15, -0.1) is 0 Å². The molecule has 2 aromatic rings. The van der Waals surface area contributed by atoms with E-state index in [1.807, 2.05) is 0 Å². The maximum absolute atomic E-state index is 12.0. The molecule has 0 bridgehead atoms. The molecule has 0 N–H and O–H groups in total. The summed E-state index contributed by atoms with van der Waals surface area (Å²) in [4.78, 5) is 22.3. The lowest BCUT2D eigenvalue weighted by molar-refractivity contribution is -0.387. The number of nitro groups is 1. The number of fused-ring (bicyclic) bond motifs is 1. The normalized spacial score (nSPS) is 10.6. The van der Waals surface area contributed by atoms with Crippen molar-refractivity contribution < 1.29 is 9.66 Å². The summed E-state index contributed by atoms with van der Waals surface area (Å²) in [6.07, 6.45) is 0. The number of para-hydroxylation sites is 1. The first-order valence-corrected chi connectivity index (χ1v) is 5.46. The van der Waals surface area contributed by atoms with E-state index in [9.17, 15) is 14.9 Å². The van der Waals surface area contributed by atoms with Crippen LogP contribution in [0.2, 0.25) is 0 Å². The fourth-order valence-corrected chi connectivity index (χ4v) is 1.90. The summed E-state index contributed by atoms with van der Waals surface area (Å²) >= 11 is 0. The average molecular weight is 248 g/mol. The van der Waals surface area contributed by atoms with Gasteiger partial charge in [-0.25, -0.2) is 0 Å². The Morgan fingerprint density at radius 1 is 1.39 bits per heavy atom. The number of rotatable bonds is 3. The van der Waals surface area contributed by atoms with Crippen molar-refractivity contribution in [1.29, 1.82) is 0 Å². The third-order valence-corrected chi connectivity index (χ3v) is 2.70. The van der Waals surface area contributed by atoms with Gasteiger partial charge >= 0.3 is 11.2 Å². The quantitative estimate of drug-likeness (QED) is 0.613. The van der Waals surface area contributed by atoms with Crippen LogP contribution in [0.25, 0.3) is 10.9 Å². The molecule has 18 heavy (non-hydrogen) atoms. The Morgan fingerprint density at radius 2 is 2.06 bits per heavy atom. The summed E-state index contributed by atoms with van der Waals surface area (Å²) in [5.74, 6) is 0.0428. The Bertz CT molecular complexity index is 676. The van der Waals surface area contributed by atoms with Crippen LogP contribution in [-0.4, -0.2) is 16.1 Å². The molecule has 0 radical (unpaired) electrons. The second-order valence-corrected chi connectivity index (χ2v) is 3.75. The van der Waals surface area contributed by atoms with Crippen molar-refractivity contribution in [3.8, 4) is 5.75 Å². The van der Waals surface area contributed by atoms with Gasteiger partial charge in [-0.05, 0) is 19.1 Å². The van der Waals surface area contributed by atoms with Crippen LogP contribution in [0.15, 0.2) is 29.1 Å². The predicted molar refractivity (Wildman–Crippen MR) is 67.0 cm³/mol. The van der Waals surface area contributed by atoms with Gasteiger partial charge in [0.25, 0.3) is 0 Å². The zero-order chi connectivity index (χ0) is 13.3. The van der Waals surface area contributed by atoms with E-state index in [1.54, 1.807) is 31.2 Å². The molecule has 0 spiro atoms. The number of nitrogens with zero attached hydrogens (tertiary/aromatic N) is 2. The van der Waals surface area contributed by atoms with Crippen molar-refractivity contribution in [2.24, 2.45) is 7.05 Å². The topological polar surface area (TPSA) is 74.4 Å². The SMILES string of the molecule is CCOc1c([N+](=O)[O-])c(=O)n(C)c2ccccc12. The van der Waals surface area contributed by atoms with E-state index in [1.165, 1.54) is 11.6 Å². The number of ether oxygens (including phenoxy) is 1. The molecule has 0 saturated heterocycles. The molecule has 2 rings (SSSR count). The Kier molecular flexibility index (Phi) is 3.01. The summed E-state index contributed by atoms with van der Waals surface area (Å²) in [5, 5.41) is 11.6. The molecule has 6 heteroatoms. The predicted octanol–water partition coefficient (Wildman–Crippen LogP) is 1.85. The van der Waals surface area contributed by atoms with Crippen LogP contribution in [-0.2, 0) is 7.05 Å². The number of aromatic nitrogens is 1. The molecule has 0 fully saturated rings. The van der Waals surface area contributed by atoms with E-state index in [0.29, 0.717) is 10.9 Å². The first-order chi connectivity index (χ1) is 8.57. The van der Waals surface area contributed by atoms with Crippen molar-refractivity contribution in [2.45, 2.75) is 6.92 Å². The van der Waals surface area contributed by atoms with Gasteiger partial charge in [-0.1, -0.05) is 12.1 Å². The summed E-state index contributed by atoms with van der Waals surface area (Å²) in [6.45, 7) is 1.98. The lowest BCUT2D eigenvalue weighted by Crippen LogP contribution is -2.21. The van der Waals surface area contributed by atoms with Crippen molar-refractivity contribution in [3.63, 3.8) is 0 Å². The first kappa shape index (κ1) is 12.1. The molecule has 0 aliphatic rings. The summed E-state index contributed by atoms with van der Waals surface area (Å²) in [7, 11) is 1.51. The van der Waals surface area contributed by atoms with Crippen LogP contribution in [0.3, 0.4) is 0 Å². The lowest BCUT2D eigenvalue weighted by Gasteiger charge is -2.10. The van der Waals surface area contributed by atoms with Gasteiger partial charge in [0.1, 0.15) is 0 Å². The number of hydrogen-bond acceptors (Lipinski definition) is 4. The van der Waals surface area contributed by atoms with Crippen molar-refractivity contribution >= 4 is 16.6 Å². The molecule has 0 atom stereocenters. The minimum absolute atomic E-state index is 0.0428. The maximum atomic E-state index is 12.0. The van der Waals surface area contributed by atoms with Gasteiger partial charge in [0, 0.05) is 12.4 Å². The molecular formula is C12H12N2O4. The van der Waals surface area contributed by atoms with E-state index in [0.717, 1.165) is 0 Å². The molecule has 0 aliphatic heterocycles. The Balaban J connectivity index is 2.98. The molecular weight excluding hydrogens is 236 g/mol. The van der Waals surface area contributed by atoms with Crippen molar-refractivity contribution in [2.75, 3.05) is 6.61 Å². The summed E-state index contributed by atoms with van der Waals surface area (Å²) < 4.78 is 6.55. The monoisotopic (exact) mass is 248 g/mol. The van der Waals surface area contributed by atoms with Gasteiger partial charge in [0.05, 0.1) is 17.0 Å². The van der Waals surface area contributed by atoms with Crippen LogP contribution in [0, 0.1) is 10.1 Å². The van der Waals surface area contributed by atoms with Gasteiger partial charge in [-0.3, -0.25) is 14.9 Å². The van der Waals surface area contributed by atoms with Crippen LogP contribution < -0.4 is 10.3 Å². The highest BCUT2D eigenvalue weighted by molar-refractivity contribution is 5.88. The van der Waals surface area contributed by atoms with Gasteiger partial charge < -0.3 is 9.30 Å². The highest BCUT2D eigenvalue weighted by Crippen LogP contribution is 2.31. The minimum atomic E-state index is -0.695. The van der Waals surface area contributed by atoms with E-state index < -0.39 is 16.2 Å². The second-order valence-electron chi connectivity index (χ2n) is 3.75. The van der Waals surface area contributed by atoms with E-state index in [-0.39, 0.29) is 12.4 Å². The fraction of sp³-hybridized carbons (Fsp3) is 0.250. The number of aryl methyl sites for hydroxylation is 1. The molecule has 94 valence electrons. The number of pyridine rings is 1. The third-order valence-electron chi connectivity index (χ3n) is 2.70. The van der Waals surface area contributed by atoms with Crippen molar-refractivity contribution in [3.05, 3.63) is 44.7 Å². The Morgan fingerprint density at radius 3 is 2.67 bits per heavy atom. The highest BCUT2D eigenvalue weighted by Gasteiger charge is 2.25. The highest BCUT2D eigenvalue weighted by atomic mass is 16.6. The minimum Gasteiger partial charge on any atom is -0.486 e. The molecule has 1 heterocycles. The lowest BCUT2D eigenvalue weighted by atomic mass is 10.2. The van der Waals surface area contributed by atoms with Crippen LogP contribution in [0.4, 0.5) is 5.69 Å². The van der Waals surface area contributed by atoms with E-state index in [2.05, 4.69) is 0 Å². The van der Waals surface area contributed by atoms with E-state index in [4.69, 9.17) is 4.74 Å². The van der Waals surface area contributed by atoms with Gasteiger partial charge in [0.15, 0.2) is 0 Å². The maximum Gasteiger partial charge on any atom is 0.376 e. The van der Waals surface area contributed by atoms with Crippen molar-refractivity contribution in [1.82, 2.24) is 4.57 Å². The Hall–Kier alpha value is -2.37. The second kappa shape index (κ2) is 4.48. The van der Waals surface area contributed by atoms with Gasteiger partial charge in [-0.2, -0.15) is 0 Å². The fourth-order valence-electron chi connectivity index (χ4n) is 1.90. The smallest absolute Gasteiger partial charge is 0.376 e. The Labute approximate surface area is 103 Å². The zero-order valence-corrected chi connectivity index (χ0v) is 10.0. The largest absolute Gasteiger partial charge is 0.486 e. The molecule has 1 aromatic carbocycles. The standard InChI is InChI=1S/C12H12N2O4/c1-3-18-11-8-6-4-5-7-9(8)13(2)12(15)10(11)14(16)17/h4-7H,3H2,1-2H3. The molecule has 0 aliphatic carbocycles. The average Bonchev–Trinajstić information content (AvgIpc) is 2.35. The summed E-state index contributed by atoms with van der Waals surface area (Å²) in [5.41, 5.74) is -0.572. The number of hydrogen-bond donors (Lipinski definition) is 0. The molecule has 1 aromatic heterocycles. The van der Waals surface area contributed by atoms with Crippen LogP contribution >= 0.6 is 0 Å². The molecule has 0 unspecified atom stereocenters. The first-order valence-electron chi connectivity index (χ1n) is 5.46. The van der Waals surface area contributed by atoms with Crippen LogP contribution in [0.5, 0.6) is 5.75 Å². The third kappa shape index (κ3) is 1.71. The summed E-state index contributed by atoms with van der Waals surface area (Å²) in [6, 6.07) is 6.94. The molecule has 0 amide bonds. The molecule has 6 nitrogen and oxygen atoms in total. The number of benzene rings is 1. The van der Waals surface area contributed by atoms with Gasteiger partial charge in [0.2, 0.25) is 5.75 Å².